The van der Waals surface area contributed by atoms with Gasteiger partial charge in [0, 0.05) is 23.1 Å². The van der Waals surface area contributed by atoms with Crippen molar-refractivity contribution in [3.63, 3.8) is 0 Å². The van der Waals surface area contributed by atoms with Crippen LogP contribution < -0.4 is 9.47 Å². The largest absolute Gasteiger partial charge is 0.507 e. The molecule has 3 aromatic carbocycles. The van der Waals surface area contributed by atoms with E-state index in [1.807, 2.05) is 66.5 Å². The summed E-state index contributed by atoms with van der Waals surface area (Å²) in [5, 5.41) is 17.4. The Bertz CT molecular complexity index is 1090. The van der Waals surface area contributed by atoms with Gasteiger partial charge < -0.3 is 14.6 Å². The molecule has 0 bridgehead atoms. The summed E-state index contributed by atoms with van der Waals surface area (Å²) in [6.07, 6.45) is 0.318. The van der Waals surface area contributed by atoms with Crippen LogP contribution in [0.4, 0.5) is 0 Å². The van der Waals surface area contributed by atoms with Crippen LogP contribution in [0.1, 0.15) is 40.9 Å². The summed E-state index contributed by atoms with van der Waals surface area (Å²) in [4.78, 5) is 0. The number of benzene rings is 3. The zero-order chi connectivity index (χ0) is 20.0. The van der Waals surface area contributed by atoms with E-state index >= 15 is 0 Å². The van der Waals surface area contributed by atoms with Gasteiger partial charge in [-0.25, -0.2) is 5.01 Å². The van der Waals surface area contributed by atoms with Gasteiger partial charge in [0.05, 0.1) is 18.9 Å². The number of phenols is 1. The zero-order valence-electron chi connectivity index (χ0n) is 16.4. The molecule has 5 rings (SSSR count). The maximum Gasteiger partial charge on any atom is 0.214 e. The molecule has 5 heteroatoms. The smallest absolute Gasteiger partial charge is 0.214 e. The molecule has 0 saturated heterocycles. The van der Waals surface area contributed by atoms with Crippen molar-refractivity contribution >= 4 is 5.71 Å². The Morgan fingerprint density at radius 1 is 1.07 bits per heavy atom. The molecule has 0 amide bonds. The monoisotopic (exact) mass is 386 g/mol. The van der Waals surface area contributed by atoms with Crippen LogP contribution in [0, 0.1) is 6.92 Å². The highest BCUT2D eigenvalue weighted by atomic mass is 16.5. The third kappa shape index (κ3) is 2.90. The Morgan fingerprint density at radius 2 is 1.90 bits per heavy atom. The maximum atomic E-state index is 10.4. The van der Waals surface area contributed by atoms with Crippen LogP contribution in [0.5, 0.6) is 17.2 Å². The number of rotatable bonds is 3. The third-order valence-corrected chi connectivity index (χ3v) is 5.55. The second-order valence-corrected chi connectivity index (χ2v) is 7.43. The molecule has 146 valence electrons. The highest BCUT2D eigenvalue weighted by Crippen LogP contribution is 2.50. The van der Waals surface area contributed by atoms with Gasteiger partial charge in [-0.3, -0.25) is 0 Å². The summed E-state index contributed by atoms with van der Waals surface area (Å²) < 4.78 is 12.0. The first-order valence-corrected chi connectivity index (χ1v) is 9.70. The van der Waals surface area contributed by atoms with Gasteiger partial charge in [0.1, 0.15) is 5.75 Å². The molecular formula is C24H22N2O3. The van der Waals surface area contributed by atoms with E-state index < -0.39 is 0 Å². The lowest BCUT2D eigenvalue weighted by molar-refractivity contribution is -0.0209. The lowest BCUT2D eigenvalue weighted by Crippen LogP contribution is -2.33. The summed E-state index contributed by atoms with van der Waals surface area (Å²) in [6.45, 7) is 2.02. The van der Waals surface area contributed by atoms with Crippen LogP contribution in [0.25, 0.3) is 0 Å². The molecule has 2 heterocycles. The van der Waals surface area contributed by atoms with Crippen molar-refractivity contribution in [1.82, 2.24) is 5.01 Å². The van der Waals surface area contributed by atoms with Crippen molar-refractivity contribution in [3.05, 3.63) is 89.0 Å². The van der Waals surface area contributed by atoms with E-state index in [0.29, 0.717) is 6.42 Å². The molecule has 2 aliphatic rings. The number of ether oxygens (including phenoxy) is 2. The average Bonchev–Trinajstić information content (AvgIpc) is 3.20. The Morgan fingerprint density at radius 3 is 2.69 bits per heavy atom. The van der Waals surface area contributed by atoms with Crippen molar-refractivity contribution in [2.45, 2.75) is 25.6 Å². The van der Waals surface area contributed by atoms with Crippen molar-refractivity contribution in [2.75, 3.05) is 7.11 Å². The minimum atomic E-state index is -0.366. The van der Waals surface area contributed by atoms with Crippen molar-refractivity contribution in [1.29, 1.82) is 0 Å². The van der Waals surface area contributed by atoms with E-state index in [-0.39, 0.29) is 18.0 Å². The summed E-state index contributed by atoms with van der Waals surface area (Å²) in [6, 6.07) is 21.6. The highest BCUT2D eigenvalue weighted by molar-refractivity contribution is 6.04. The summed E-state index contributed by atoms with van der Waals surface area (Å²) in [5.74, 6) is 1.72. The van der Waals surface area contributed by atoms with Gasteiger partial charge in [-0.05, 0) is 25.1 Å². The lowest BCUT2D eigenvalue weighted by Gasteiger charge is -2.38. The van der Waals surface area contributed by atoms with Crippen LogP contribution in [0.2, 0.25) is 0 Å². The van der Waals surface area contributed by atoms with Gasteiger partial charge in [0.2, 0.25) is 6.23 Å². The number of methoxy groups -OCH3 is 1. The van der Waals surface area contributed by atoms with Gasteiger partial charge in [-0.15, -0.1) is 0 Å². The zero-order valence-corrected chi connectivity index (χ0v) is 16.4. The van der Waals surface area contributed by atoms with Crippen molar-refractivity contribution < 1.29 is 14.6 Å². The quantitative estimate of drug-likeness (QED) is 0.692. The van der Waals surface area contributed by atoms with E-state index in [2.05, 4.69) is 6.07 Å². The predicted octanol–water partition coefficient (Wildman–Crippen LogP) is 4.95. The third-order valence-electron chi connectivity index (χ3n) is 5.55. The molecule has 0 aliphatic carbocycles. The maximum absolute atomic E-state index is 10.4. The first-order valence-electron chi connectivity index (χ1n) is 9.70. The van der Waals surface area contributed by atoms with E-state index in [4.69, 9.17) is 14.6 Å². The molecule has 29 heavy (non-hydrogen) atoms. The Labute approximate surface area is 169 Å². The van der Waals surface area contributed by atoms with Crippen molar-refractivity contribution in [2.24, 2.45) is 5.10 Å². The standard InChI is InChI=1S/C24H22N2O3/c1-15-11-12-21(27)18(13-15)19-14-20-17-9-6-10-22(28-2)23(17)29-24(26(20)25-19)16-7-4-3-5-8-16/h3-13,20,24,27H,14H2,1-2H3/t20-,24+/m1/s1. The molecule has 5 nitrogen and oxygen atoms in total. The lowest BCUT2D eigenvalue weighted by atomic mass is 9.94. The average molecular weight is 386 g/mol. The van der Waals surface area contributed by atoms with Crippen molar-refractivity contribution in [3.8, 4) is 17.2 Å². The molecule has 0 saturated carbocycles. The second-order valence-electron chi connectivity index (χ2n) is 7.43. The van der Waals surface area contributed by atoms with E-state index in [1.54, 1.807) is 13.2 Å². The number of para-hydroxylation sites is 1. The minimum absolute atomic E-state index is 0.00830. The molecule has 0 fully saturated rings. The summed E-state index contributed by atoms with van der Waals surface area (Å²) in [7, 11) is 1.66. The number of nitrogens with zero attached hydrogens (tertiary/aromatic N) is 2. The van der Waals surface area contributed by atoms with Gasteiger partial charge in [0.15, 0.2) is 11.5 Å². The van der Waals surface area contributed by atoms with Crippen LogP contribution >= 0.6 is 0 Å². The first kappa shape index (κ1) is 17.6. The van der Waals surface area contributed by atoms with Gasteiger partial charge in [0.25, 0.3) is 0 Å². The number of hydrogen-bond acceptors (Lipinski definition) is 5. The Kier molecular flexibility index (Phi) is 4.16. The van der Waals surface area contributed by atoms with E-state index in [9.17, 15) is 5.11 Å². The summed E-state index contributed by atoms with van der Waals surface area (Å²) in [5.41, 5.74) is 4.78. The second kappa shape index (κ2) is 6.85. The number of aromatic hydroxyl groups is 1. The minimum Gasteiger partial charge on any atom is -0.507 e. The topological polar surface area (TPSA) is 54.3 Å². The number of fused-ring (bicyclic) bond motifs is 3. The van der Waals surface area contributed by atoms with Crippen LogP contribution in [0.3, 0.4) is 0 Å². The van der Waals surface area contributed by atoms with Gasteiger partial charge >= 0.3 is 0 Å². The van der Waals surface area contributed by atoms with Crippen LogP contribution in [-0.4, -0.2) is 22.9 Å². The van der Waals surface area contributed by atoms with Gasteiger partial charge in [-0.2, -0.15) is 5.10 Å². The van der Waals surface area contributed by atoms with E-state index in [0.717, 1.165) is 39.5 Å². The molecule has 2 aliphatic heterocycles. The molecule has 3 aromatic rings. The van der Waals surface area contributed by atoms with E-state index in [1.165, 1.54) is 0 Å². The molecule has 2 atom stereocenters. The Balaban J connectivity index is 1.64. The van der Waals surface area contributed by atoms with Crippen LogP contribution in [-0.2, 0) is 0 Å². The highest BCUT2D eigenvalue weighted by Gasteiger charge is 2.42. The first-order chi connectivity index (χ1) is 14.2. The van der Waals surface area contributed by atoms with Crippen LogP contribution in [0.15, 0.2) is 71.8 Å². The molecule has 0 aromatic heterocycles. The number of aryl methyl sites for hydroxylation is 1. The molecular weight excluding hydrogens is 364 g/mol. The normalized spacial score (nSPS) is 19.8. The molecule has 0 radical (unpaired) electrons. The predicted molar refractivity (Wildman–Crippen MR) is 111 cm³/mol. The molecule has 0 spiro atoms. The number of hydrazone groups is 1. The Hall–Kier alpha value is -3.47. The molecule has 0 unspecified atom stereocenters. The summed E-state index contributed by atoms with van der Waals surface area (Å²) >= 11 is 0. The fourth-order valence-electron chi connectivity index (χ4n) is 4.13. The number of hydrogen-bond donors (Lipinski definition) is 1. The fraction of sp³-hybridized carbons (Fsp3) is 0.208. The van der Waals surface area contributed by atoms with Gasteiger partial charge in [-0.1, -0.05) is 54.1 Å². The number of phenolic OH excluding ortho intramolecular Hbond substituents is 1. The molecule has 1 N–H and O–H groups in total. The fourth-order valence-corrected chi connectivity index (χ4v) is 4.13. The SMILES string of the molecule is COc1cccc2c1O[C@@H](c1ccccc1)N1N=C(c3cc(C)ccc3O)C[C@H]21.